The zero-order chi connectivity index (χ0) is 16.8. The van der Waals surface area contributed by atoms with Crippen LogP contribution in [0.15, 0.2) is 35.7 Å². The summed E-state index contributed by atoms with van der Waals surface area (Å²) in [6, 6.07) is 10.7. The molecular formula is C17H16N2O3S. The van der Waals surface area contributed by atoms with Gasteiger partial charge in [-0.05, 0) is 35.1 Å². The number of nitrogens with zero attached hydrogens (tertiary/aromatic N) is 1. The van der Waals surface area contributed by atoms with Crippen molar-refractivity contribution >= 4 is 28.2 Å². The van der Waals surface area contributed by atoms with Crippen molar-refractivity contribution in [3.63, 3.8) is 0 Å². The van der Waals surface area contributed by atoms with Gasteiger partial charge in [-0.1, -0.05) is 26.0 Å². The Morgan fingerprint density at radius 2 is 1.96 bits per heavy atom. The number of hydrogen-bond acceptors (Lipinski definition) is 5. The first kappa shape index (κ1) is 16.7. The molecule has 0 aliphatic heterocycles. The van der Waals surface area contributed by atoms with Crippen molar-refractivity contribution in [2.75, 3.05) is 11.9 Å². The van der Waals surface area contributed by atoms with Crippen molar-refractivity contribution in [1.82, 2.24) is 0 Å². The fourth-order valence-electron chi connectivity index (χ4n) is 1.88. The van der Waals surface area contributed by atoms with Gasteiger partial charge in [0.1, 0.15) is 11.1 Å². The van der Waals surface area contributed by atoms with E-state index in [1.807, 2.05) is 18.2 Å². The number of carbonyl (C=O) groups excluding carboxylic acids is 2. The van der Waals surface area contributed by atoms with Crippen LogP contribution < -0.4 is 5.32 Å². The normalized spacial score (nSPS) is 10.2. The molecule has 0 saturated carbocycles. The van der Waals surface area contributed by atoms with Crippen LogP contribution in [0, 0.1) is 11.3 Å². The molecule has 1 aromatic carbocycles. The molecule has 1 amide bonds. The largest absolute Gasteiger partial charge is 0.452 e. The number of esters is 1. The first-order chi connectivity index (χ1) is 11.0. The minimum atomic E-state index is -0.554. The Morgan fingerprint density at radius 3 is 2.57 bits per heavy atom. The Kier molecular flexibility index (Phi) is 5.50. The molecule has 0 spiro atoms. The van der Waals surface area contributed by atoms with E-state index >= 15 is 0 Å². The molecule has 0 fully saturated rings. The second-order valence-electron chi connectivity index (χ2n) is 5.18. The number of ether oxygens (including phenoxy) is 1. The van der Waals surface area contributed by atoms with Gasteiger partial charge in [0.2, 0.25) is 0 Å². The average Bonchev–Trinajstić information content (AvgIpc) is 2.99. The summed E-state index contributed by atoms with van der Waals surface area (Å²) >= 11 is 1.24. The predicted octanol–water partition coefficient (Wildman–Crippen LogP) is 3.54. The summed E-state index contributed by atoms with van der Waals surface area (Å²) in [5.74, 6) is -0.649. The maximum absolute atomic E-state index is 11.9. The number of benzene rings is 1. The predicted molar refractivity (Wildman–Crippen MR) is 88.5 cm³/mol. The molecule has 23 heavy (non-hydrogen) atoms. The number of hydrogen-bond donors (Lipinski definition) is 1. The summed E-state index contributed by atoms with van der Waals surface area (Å²) in [5.41, 5.74) is 1.91. The van der Waals surface area contributed by atoms with Gasteiger partial charge < -0.3 is 10.1 Å². The zero-order valence-electron chi connectivity index (χ0n) is 12.8. The lowest BCUT2D eigenvalue weighted by molar-refractivity contribution is -0.119. The van der Waals surface area contributed by atoms with Gasteiger partial charge in [0.05, 0.1) is 11.1 Å². The second-order valence-corrected chi connectivity index (χ2v) is 6.09. The quantitative estimate of drug-likeness (QED) is 0.851. The van der Waals surface area contributed by atoms with Crippen molar-refractivity contribution in [3.05, 3.63) is 52.4 Å². The first-order valence-corrected chi connectivity index (χ1v) is 7.93. The van der Waals surface area contributed by atoms with Crippen molar-refractivity contribution in [2.24, 2.45) is 0 Å². The Hall–Kier alpha value is -2.65. The van der Waals surface area contributed by atoms with Crippen molar-refractivity contribution < 1.29 is 14.3 Å². The second kappa shape index (κ2) is 7.56. The van der Waals surface area contributed by atoms with Gasteiger partial charge in [-0.3, -0.25) is 4.79 Å². The SMILES string of the molecule is CC(C)c1ccc(C(=O)OCC(=O)Nc2sccc2C#N)cc1. The number of thiophene rings is 1. The van der Waals surface area contributed by atoms with Gasteiger partial charge in [0.15, 0.2) is 6.61 Å². The van der Waals surface area contributed by atoms with Crippen LogP contribution in [0.2, 0.25) is 0 Å². The molecule has 2 rings (SSSR count). The van der Waals surface area contributed by atoms with E-state index in [9.17, 15) is 9.59 Å². The molecule has 5 nitrogen and oxygen atoms in total. The molecule has 0 aliphatic rings. The standard InChI is InChI=1S/C17H16N2O3S/c1-11(2)12-3-5-13(6-4-12)17(21)22-10-15(20)19-16-14(9-18)7-8-23-16/h3-8,11H,10H2,1-2H3,(H,19,20). The third-order valence-electron chi connectivity index (χ3n) is 3.19. The highest BCUT2D eigenvalue weighted by Crippen LogP contribution is 2.22. The monoisotopic (exact) mass is 328 g/mol. The third kappa shape index (κ3) is 4.41. The Labute approximate surface area is 138 Å². The average molecular weight is 328 g/mol. The topological polar surface area (TPSA) is 79.2 Å². The first-order valence-electron chi connectivity index (χ1n) is 7.05. The van der Waals surface area contributed by atoms with E-state index in [2.05, 4.69) is 19.2 Å². The van der Waals surface area contributed by atoms with E-state index in [0.717, 1.165) is 5.56 Å². The molecule has 1 aromatic heterocycles. The Balaban J connectivity index is 1.89. The van der Waals surface area contributed by atoms with Crippen LogP contribution in [0.1, 0.15) is 41.3 Å². The van der Waals surface area contributed by atoms with Crippen LogP contribution in [0.25, 0.3) is 0 Å². The van der Waals surface area contributed by atoms with E-state index in [1.165, 1.54) is 11.3 Å². The highest BCUT2D eigenvalue weighted by Gasteiger charge is 2.12. The molecule has 6 heteroatoms. The molecule has 0 aliphatic carbocycles. The van der Waals surface area contributed by atoms with E-state index in [0.29, 0.717) is 22.0 Å². The molecule has 0 atom stereocenters. The lowest BCUT2D eigenvalue weighted by atomic mass is 10.0. The maximum atomic E-state index is 11.9. The lowest BCUT2D eigenvalue weighted by Crippen LogP contribution is -2.20. The molecule has 0 saturated heterocycles. The van der Waals surface area contributed by atoms with Gasteiger partial charge in [-0.15, -0.1) is 11.3 Å². The van der Waals surface area contributed by atoms with E-state index in [4.69, 9.17) is 10.00 Å². The number of amides is 1. The summed E-state index contributed by atoms with van der Waals surface area (Å²) in [6.45, 7) is 3.74. The summed E-state index contributed by atoms with van der Waals surface area (Å²) in [6.07, 6.45) is 0. The zero-order valence-corrected chi connectivity index (χ0v) is 13.6. The summed E-state index contributed by atoms with van der Waals surface area (Å²) < 4.78 is 4.98. The van der Waals surface area contributed by atoms with Gasteiger partial charge in [-0.2, -0.15) is 5.26 Å². The number of anilines is 1. The van der Waals surface area contributed by atoms with Crippen LogP contribution in [0.3, 0.4) is 0 Å². The summed E-state index contributed by atoms with van der Waals surface area (Å²) in [5, 5.41) is 13.6. The molecule has 0 unspecified atom stereocenters. The van der Waals surface area contributed by atoms with Gasteiger partial charge in [0, 0.05) is 0 Å². The Bertz CT molecular complexity index is 742. The molecule has 0 bridgehead atoms. The lowest BCUT2D eigenvalue weighted by Gasteiger charge is -2.08. The molecule has 1 N–H and O–H groups in total. The summed E-state index contributed by atoms with van der Waals surface area (Å²) in [4.78, 5) is 23.7. The van der Waals surface area contributed by atoms with Crippen molar-refractivity contribution in [1.29, 1.82) is 5.26 Å². The van der Waals surface area contributed by atoms with Crippen molar-refractivity contribution in [3.8, 4) is 6.07 Å². The number of carbonyl (C=O) groups is 2. The molecule has 0 radical (unpaired) electrons. The minimum Gasteiger partial charge on any atom is -0.452 e. The molecule has 1 heterocycles. The maximum Gasteiger partial charge on any atom is 0.338 e. The highest BCUT2D eigenvalue weighted by atomic mass is 32.1. The van der Waals surface area contributed by atoms with Crippen LogP contribution >= 0.6 is 11.3 Å². The Morgan fingerprint density at radius 1 is 1.26 bits per heavy atom. The van der Waals surface area contributed by atoms with E-state index in [1.54, 1.807) is 23.6 Å². The minimum absolute atomic E-state index is 0.381. The van der Waals surface area contributed by atoms with E-state index < -0.39 is 18.5 Å². The van der Waals surface area contributed by atoms with Gasteiger partial charge in [-0.25, -0.2) is 4.79 Å². The number of rotatable bonds is 5. The molecular weight excluding hydrogens is 312 g/mol. The van der Waals surface area contributed by atoms with Gasteiger partial charge >= 0.3 is 5.97 Å². The van der Waals surface area contributed by atoms with E-state index in [-0.39, 0.29) is 0 Å². The highest BCUT2D eigenvalue weighted by molar-refractivity contribution is 7.14. The number of nitriles is 1. The fourth-order valence-corrected chi connectivity index (χ4v) is 2.63. The molecule has 118 valence electrons. The van der Waals surface area contributed by atoms with Crippen molar-refractivity contribution in [2.45, 2.75) is 19.8 Å². The number of nitrogens with one attached hydrogen (secondary N) is 1. The smallest absolute Gasteiger partial charge is 0.338 e. The van der Waals surface area contributed by atoms with Crippen LogP contribution in [-0.4, -0.2) is 18.5 Å². The third-order valence-corrected chi connectivity index (χ3v) is 4.02. The van der Waals surface area contributed by atoms with Gasteiger partial charge in [0.25, 0.3) is 5.91 Å². The fraction of sp³-hybridized carbons (Fsp3) is 0.235. The molecule has 2 aromatic rings. The van der Waals surface area contributed by atoms with Crippen LogP contribution in [0.5, 0.6) is 0 Å². The summed E-state index contributed by atoms with van der Waals surface area (Å²) in [7, 11) is 0. The van der Waals surface area contributed by atoms with Crippen LogP contribution in [0.4, 0.5) is 5.00 Å². The van der Waals surface area contributed by atoms with Crippen LogP contribution in [-0.2, 0) is 9.53 Å².